The molecular formula is C14H17BrN3O+. The third-order valence-electron chi connectivity index (χ3n) is 4.30. The van der Waals surface area contributed by atoms with Crippen molar-refractivity contribution < 1.29 is 9.21 Å². The van der Waals surface area contributed by atoms with Crippen molar-refractivity contribution in [3.8, 4) is 0 Å². The zero-order valence-electron chi connectivity index (χ0n) is 11.2. The number of hydrogen-bond acceptors (Lipinski definition) is 2. The molecule has 2 heterocycles. The van der Waals surface area contributed by atoms with Crippen LogP contribution < -0.4 is 4.73 Å². The zero-order chi connectivity index (χ0) is 13.6. The highest BCUT2D eigenvalue weighted by Crippen LogP contribution is 2.28. The van der Waals surface area contributed by atoms with Crippen molar-refractivity contribution in [3.05, 3.63) is 39.3 Å². The summed E-state index contributed by atoms with van der Waals surface area (Å²) in [6.45, 7) is 8.10. The van der Waals surface area contributed by atoms with Gasteiger partial charge in [0, 0.05) is 10.5 Å². The summed E-state index contributed by atoms with van der Waals surface area (Å²) < 4.78 is 2.97. The molecule has 19 heavy (non-hydrogen) atoms. The number of fused-ring (bicyclic) bond motifs is 2. The maximum atomic E-state index is 12.5. The van der Waals surface area contributed by atoms with E-state index >= 15 is 0 Å². The lowest BCUT2D eigenvalue weighted by Crippen LogP contribution is -2.43. The molecule has 0 atom stereocenters. The summed E-state index contributed by atoms with van der Waals surface area (Å²) in [6.07, 6.45) is 0. The molecule has 1 aliphatic heterocycles. The van der Waals surface area contributed by atoms with E-state index in [0.717, 1.165) is 56.8 Å². The lowest BCUT2D eigenvalue weighted by atomic mass is 10.2. The van der Waals surface area contributed by atoms with Crippen molar-refractivity contribution >= 4 is 27.0 Å². The number of rotatable bonds is 2. The Bertz CT molecular complexity index is 653. The summed E-state index contributed by atoms with van der Waals surface area (Å²) >= 11 is 3.43. The summed E-state index contributed by atoms with van der Waals surface area (Å²) in [6, 6.07) is 5.64. The number of hydrogen-bond donors (Lipinski definition) is 0. The number of nitrogens with zero attached hydrogens (tertiary/aromatic N) is 3. The van der Waals surface area contributed by atoms with E-state index in [9.17, 15) is 5.21 Å². The minimum absolute atomic E-state index is 0.661. The number of halogens is 1. The lowest BCUT2D eigenvalue weighted by Gasteiger charge is -2.30. The van der Waals surface area contributed by atoms with Gasteiger partial charge in [0.05, 0.1) is 13.1 Å². The Labute approximate surface area is 121 Å². The highest BCUT2D eigenvalue weighted by molar-refractivity contribution is 9.10. The van der Waals surface area contributed by atoms with Crippen molar-refractivity contribution in [3.63, 3.8) is 0 Å². The second-order valence-electron chi connectivity index (χ2n) is 5.22. The Morgan fingerprint density at radius 2 is 2.05 bits per heavy atom. The second kappa shape index (κ2) is 4.42. The van der Waals surface area contributed by atoms with E-state index in [4.69, 9.17) is 4.98 Å². The smallest absolute Gasteiger partial charge is 0.275 e. The Morgan fingerprint density at radius 1 is 1.32 bits per heavy atom. The largest absolute Gasteiger partial charge is 0.618 e. The fourth-order valence-electron chi connectivity index (χ4n) is 2.87. The molecule has 0 spiro atoms. The molecule has 0 fully saturated rings. The van der Waals surface area contributed by atoms with E-state index in [1.807, 2.05) is 18.2 Å². The maximum Gasteiger partial charge on any atom is 0.275 e. The Morgan fingerprint density at radius 3 is 2.74 bits per heavy atom. The van der Waals surface area contributed by atoms with E-state index < -0.39 is 0 Å². The summed E-state index contributed by atoms with van der Waals surface area (Å²) in [5.74, 6) is 0. The van der Waals surface area contributed by atoms with Gasteiger partial charge in [0.2, 0.25) is 5.52 Å². The number of benzene rings is 1. The van der Waals surface area contributed by atoms with Gasteiger partial charge in [0.25, 0.3) is 5.69 Å². The molecular weight excluding hydrogens is 306 g/mol. The van der Waals surface area contributed by atoms with Crippen LogP contribution in [0, 0.1) is 5.21 Å². The van der Waals surface area contributed by atoms with Crippen LogP contribution in [0.1, 0.15) is 25.2 Å². The van der Waals surface area contributed by atoms with Gasteiger partial charge in [0.15, 0.2) is 12.2 Å². The third-order valence-corrected chi connectivity index (χ3v) is 4.80. The fourth-order valence-corrected chi connectivity index (χ4v) is 3.22. The molecule has 3 rings (SSSR count). The van der Waals surface area contributed by atoms with Gasteiger partial charge in [-0.05, 0) is 26.0 Å². The van der Waals surface area contributed by atoms with Gasteiger partial charge in [0.1, 0.15) is 12.1 Å². The molecule has 1 aromatic heterocycles. The van der Waals surface area contributed by atoms with Gasteiger partial charge in [-0.25, -0.2) is 4.98 Å². The van der Waals surface area contributed by atoms with Crippen LogP contribution >= 0.6 is 15.9 Å². The molecule has 1 aromatic carbocycles. The molecule has 0 amide bonds. The van der Waals surface area contributed by atoms with Gasteiger partial charge in [-0.3, -0.25) is 0 Å². The monoisotopic (exact) mass is 322 g/mol. The van der Waals surface area contributed by atoms with Crippen LogP contribution in [0.3, 0.4) is 0 Å². The van der Waals surface area contributed by atoms with Crippen LogP contribution in [-0.2, 0) is 13.1 Å². The molecule has 0 N–H and O–H groups in total. The fraction of sp³-hybridized carbons (Fsp3) is 0.429. The molecule has 0 saturated carbocycles. The van der Waals surface area contributed by atoms with Crippen molar-refractivity contribution in [1.29, 1.82) is 0 Å². The third kappa shape index (κ3) is 1.92. The van der Waals surface area contributed by atoms with Crippen molar-refractivity contribution in [2.75, 3.05) is 13.1 Å². The molecule has 0 saturated heterocycles. The zero-order valence-corrected chi connectivity index (χ0v) is 12.8. The predicted octanol–water partition coefficient (Wildman–Crippen LogP) is 2.50. The Kier molecular flexibility index (Phi) is 2.98. The maximum absolute atomic E-state index is 12.5. The molecule has 0 aliphatic carbocycles. The quantitative estimate of drug-likeness (QED) is 0.484. The van der Waals surface area contributed by atoms with Crippen molar-refractivity contribution in [2.45, 2.75) is 26.9 Å². The Hall–Kier alpha value is -1.20. The van der Waals surface area contributed by atoms with Crippen LogP contribution in [0.2, 0.25) is 0 Å². The summed E-state index contributed by atoms with van der Waals surface area (Å²) in [4.78, 5) is 4.70. The average Bonchev–Trinajstić information content (AvgIpc) is 2.78. The second-order valence-corrected chi connectivity index (χ2v) is 6.14. The SMILES string of the molecule is CC[N+]1(CC)Cc2nc3cc(Br)ccc3[n+]([O-])c2C1. The average molecular weight is 323 g/mol. The minimum Gasteiger partial charge on any atom is -0.618 e. The number of quaternary nitrogens is 1. The van der Waals surface area contributed by atoms with Crippen LogP contribution in [0.25, 0.3) is 11.0 Å². The van der Waals surface area contributed by atoms with Crippen molar-refractivity contribution in [1.82, 2.24) is 4.98 Å². The van der Waals surface area contributed by atoms with Gasteiger partial charge < -0.3 is 9.69 Å². The summed E-state index contributed by atoms with van der Waals surface area (Å²) in [7, 11) is 0. The normalized spacial score (nSPS) is 16.8. The van der Waals surface area contributed by atoms with Crippen molar-refractivity contribution in [2.24, 2.45) is 0 Å². The first-order valence-corrected chi connectivity index (χ1v) is 7.43. The predicted molar refractivity (Wildman–Crippen MR) is 77.2 cm³/mol. The minimum atomic E-state index is 0.661. The molecule has 0 bridgehead atoms. The highest BCUT2D eigenvalue weighted by atomic mass is 79.9. The van der Waals surface area contributed by atoms with Crippen LogP contribution in [-0.4, -0.2) is 22.6 Å². The van der Waals surface area contributed by atoms with E-state index in [1.54, 1.807) is 0 Å². The molecule has 1 aliphatic rings. The van der Waals surface area contributed by atoms with Gasteiger partial charge in [-0.1, -0.05) is 15.9 Å². The standard InChI is InChI=1S/C14H17BrN3O/c1-3-18(4-2)8-12-14(9-18)17(19)13-6-5-10(15)7-11(13)16-12/h5-7H,3-4,8-9H2,1-2H3/q+1. The molecule has 2 aromatic rings. The summed E-state index contributed by atoms with van der Waals surface area (Å²) in [5, 5.41) is 12.5. The van der Waals surface area contributed by atoms with Crippen LogP contribution in [0.5, 0.6) is 0 Å². The molecule has 5 heteroatoms. The first-order chi connectivity index (χ1) is 9.08. The number of aromatic nitrogens is 2. The van der Waals surface area contributed by atoms with Crippen LogP contribution in [0.15, 0.2) is 22.7 Å². The van der Waals surface area contributed by atoms with Crippen LogP contribution in [0.4, 0.5) is 0 Å². The highest BCUT2D eigenvalue weighted by Gasteiger charge is 2.40. The molecule has 0 unspecified atom stereocenters. The van der Waals surface area contributed by atoms with E-state index in [2.05, 4.69) is 29.8 Å². The first-order valence-electron chi connectivity index (χ1n) is 6.64. The Balaban J connectivity index is 2.20. The first kappa shape index (κ1) is 12.8. The molecule has 4 nitrogen and oxygen atoms in total. The molecule has 0 radical (unpaired) electrons. The van der Waals surface area contributed by atoms with E-state index in [0.29, 0.717) is 5.52 Å². The lowest BCUT2D eigenvalue weighted by molar-refractivity contribution is -0.947. The topological polar surface area (TPSA) is 39.8 Å². The van der Waals surface area contributed by atoms with Gasteiger partial charge >= 0.3 is 0 Å². The van der Waals surface area contributed by atoms with Gasteiger partial charge in [-0.2, -0.15) is 4.73 Å². The summed E-state index contributed by atoms with van der Waals surface area (Å²) in [5.41, 5.74) is 3.24. The van der Waals surface area contributed by atoms with E-state index in [1.165, 1.54) is 0 Å². The van der Waals surface area contributed by atoms with Gasteiger partial charge in [-0.15, -0.1) is 0 Å². The van der Waals surface area contributed by atoms with E-state index in [-0.39, 0.29) is 0 Å². The molecule has 100 valence electrons.